The minimum Gasteiger partial charge on any atom is -0.365 e. The molecule has 0 aliphatic carbocycles. The van der Waals surface area contributed by atoms with E-state index in [4.69, 9.17) is 0 Å². The molecule has 1 amide bonds. The van der Waals surface area contributed by atoms with Gasteiger partial charge in [-0.05, 0) is 6.07 Å². The van der Waals surface area contributed by atoms with Crippen LogP contribution in [0.4, 0.5) is 35.1 Å². The molecule has 2 atom stereocenters. The van der Waals surface area contributed by atoms with E-state index < -0.39 is 61.4 Å². The number of alkyl halides is 6. The lowest BCUT2D eigenvalue weighted by Gasteiger charge is -2.33. The summed E-state index contributed by atoms with van der Waals surface area (Å²) in [6.45, 7) is -1.43. The molecule has 0 radical (unpaired) electrons. The van der Waals surface area contributed by atoms with Gasteiger partial charge in [0, 0.05) is 30.4 Å². The first-order chi connectivity index (χ1) is 17.5. The second-order valence-electron chi connectivity index (χ2n) is 8.08. The van der Waals surface area contributed by atoms with Gasteiger partial charge >= 0.3 is 6.18 Å². The van der Waals surface area contributed by atoms with Crippen LogP contribution in [0.3, 0.4) is 0 Å². The third-order valence-corrected chi connectivity index (χ3v) is 5.74. The van der Waals surface area contributed by atoms with Crippen molar-refractivity contribution in [2.24, 2.45) is 0 Å². The minimum atomic E-state index is -4.73. The van der Waals surface area contributed by atoms with Crippen molar-refractivity contribution < 1.29 is 44.7 Å². The molecular formula is C21H14F8N6O2. The van der Waals surface area contributed by atoms with E-state index in [0.29, 0.717) is 6.07 Å². The van der Waals surface area contributed by atoms with Crippen molar-refractivity contribution in [3.05, 3.63) is 48.1 Å². The highest BCUT2D eigenvalue weighted by Crippen LogP contribution is 2.33. The second-order valence-corrected chi connectivity index (χ2v) is 8.08. The predicted molar refractivity (Wildman–Crippen MR) is 109 cm³/mol. The molecule has 1 aliphatic rings. The zero-order valence-corrected chi connectivity index (χ0v) is 18.3. The summed E-state index contributed by atoms with van der Waals surface area (Å²) in [5.74, 6) is -2.99. The van der Waals surface area contributed by atoms with Gasteiger partial charge in [-0.25, -0.2) is 31.6 Å². The van der Waals surface area contributed by atoms with Gasteiger partial charge in [0.1, 0.15) is 17.2 Å². The van der Waals surface area contributed by atoms with Crippen molar-refractivity contribution in [2.45, 2.75) is 25.0 Å². The van der Waals surface area contributed by atoms with Gasteiger partial charge in [0.2, 0.25) is 0 Å². The number of hydrogen-bond acceptors (Lipinski definition) is 5. The number of fused-ring (bicyclic) bond motifs is 2. The number of amides is 1. The quantitative estimate of drug-likeness (QED) is 0.368. The van der Waals surface area contributed by atoms with Crippen molar-refractivity contribution in [3.63, 3.8) is 0 Å². The summed E-state index contributed by atoms with van der Waals surface area (Å²) >= 11 is 0. The van der Waals surface area contributed by atoms with Crippen molar-refractivity contribution in [1.82, 2.24) is 29.0 Å². The predicted octanol–water partition coefficient (Wildman–Crippen LogP) is 4.16. The maximum Gasteiger partial charge on any atom is 0.416 e. The van der Waals surface area contributed by atoms with Crippen LogP contribution in [0.1, 0.15) is 16.8 Å². The van der Waals surface area contributed by atoms with Crippen molar-refractivity contribution in [1.29, 1.82) is 0 Å². The zero-order valence-electron chi connectivity index (χ0n) is 18.3. The number of ether oxygens (including phenoxy) is 1. The standard InChI is InChI=1S/C21H14F8N6O2/c22-9-3-11(23)19-31-6-14(34(19)7-9)16-10-5-30-12(4-13(10)35(32-16)18(26)17(24)25)20(36)33-1-2-37-15(8-33)21(27,28)29/h3-7,15,17-18H,1-2,8H2. The molecule has 2 unspecified atom stereocenters. The number of pyridine rings is 2. The van der Waals surface area contributed by atoms with Gasteiger partial charge in [0.25, 0.3) is 18.6 Å². The van der Waals surface area contributed by atoms with E-state index in [2.05, 4.69) is 19.8 Å². The largest absolute Gasteiger partial charge is 0.416 e. The molecule has 0 spiro atoms. The molecule has 0 bridgehead atoms. The highest BCUT2D eigenvalue weighted by Gasteiger charge is 2.44. The summed E-state index contributed by atoms with van der Waals surface area (Å²) in [6.07, 6.45) is -10.6. The van der Waals surface area contributed by atoms with Crippen LogP contribution >= 0.6 is 0 Å². The molecule has 1 fully saturated rings. The van der Waals surface area contributed by atoms with Gasteiger partial charge in [0.15, 0.2) is 17.6 Å². The number of halogens is 8. The third kappa shape index (κ3) is 4.34. The van der Waals surface area contributed by atoms with Crippen molar-refractivity contribution in [2.75, 3.05) is 19.7 Å². The molecule has 16 heteroatoms. The van der Waals surface area contributed by atoms with Gasteiger partial charge in [0.05, 0.1) is 30.6 Å². The number of imidazole rings is 1. The first kappa shape index (κ1) is 24.9. The van der Waals surface area contributed by atoms with Gasteiger partial charge in [-0.1, -0.05) is 0 Å². The lowest BCUT2D eigenvalue weighted by Crippen LogP contribution is -2.51. The van der Waals surface area contributed by atoms with Gasteiger partial charge in [-0.15, -0.1) is 0 Å². The Bertz CT molecular complexity index is 1500. The number of carbonyl (C=O) groups excluding carboxylic acids is 1. The van der Waals surface area contributed by atoms with E-state index in [-0.39, 0.29) is 39.2 Å². The summed E-state index contributed by atoms with van der Waals surface area (Å²) < 4.78 is 114. The lowest BCUT2D eigenvalue weighted by molar-refractivity contribution is -0.233. The number of aromatic nitrogens is 5. The average Bonchev–Trinajstić information content (AvgIpc) is 3.43. The highest BCUT2D eigenvalue weighted by atomic mass is 19.4. The second kappa shape index (κ2) is 8.93. The van der Waals surface area contributed by atoms with E-state index in [9.17, 15) is 39.9 Å². The molecule has 0 aromatic carbocycles. The fourth-order valence-electron chi connectivity index (χ4n) is 4.02. The number of rotatable bonds is 4. The Morgan fingerprint density at radius 3 is 2.57 bits per heavy atom. The van der Waals surface area contributed by atoms with Crippen LogP contribution < -0.4 is 0 Å². The van der Waals surface area contributed by atoms with E-state index >= 15 is 0 Å². The smallest absolute Gasteiger partial charge is 0.365 e. The molecule has 5 heterocycles. The number of morpholine rings is 1. The average molecular weight is 534 g/mol. The van der Waals surface area contributed by atoms with E-state index in [1.165, 1.54) is 0 Å². The van der Waals surface area contributed by atoms with Crippen LogP contribution in [0.15, 0.2) is 30.7 Å². The van der Waals surface area contributed by atoms with Crippen molar-refractivity contribution in [3.8, 4) is 11.4 Å². The monoisotopic (exact) mass is 534 g/mol. The maximum absolute atomic E-state index is 14.5. The number of carbonyl (C=O) groups is 1. The maximum atomic E-state index is 14.5. The van der Waals surface area contributed by atoms with E-state index in [1.54, 1.807) is 0 Å². The molecule has 37 heavy (non-hydrogen) atoms. The summed E-state index contributed by atoms with van der Waals surface area (Å²) in [5, 5.41) is 3.76. The third-order valence-electron chi connectivity index (χ3n) is 5.74. The van der Waals surface area contributed by atoms with Gasteiger partial charge in [-0.3, -0.25) is 14.2 Å². The number of hydrogen-bond donors (Lipinski definition) is 0. The van der Waals surface area contributed by atoms with Crippen LogP contribution in [0, 0.1) is 11.6 Å². The fourth-order valence-corrected chi connectivity index (χ4v) is 4.02. The Labute approximate surface area is 201 Å². The SMILES string of the molecule is O=C(c1cc2c(cn1)c(-c1cnc3c(F)cc(F)cn13)nn2C(F)C(F)F)N1CCOC(C(F)(F)F)C1. The Hall–Kier alpha value is -3.82. The molecule has 4 aromatic heterocycles. The first-order valence-electron chi connectivity index (χ1n) is 10.6. The van der Waals surface area contributed by atoms with Crippen LogP contribution in [-0.2, 0) is 4.74 Å². The minimum absolute atomic E-state index is 0.0820. The molecule has 5 rings (SSSR count). The Morgan fingerprint density at radius 1 is 1.11 bits per heavy atom. The molecule has 8 nitrogen and oxygen atoms in total. The summed E-state index contributed by atoms with van der Waals surface area (Å²) in [7, 11) is 0. The Morgan fingerprint density at radius 2 is 1.86 bits per heavy atom. The summed E-state index contributed by atoms with van der Waals surface area (Å²) in [6, 6.07) is 1.48. The molecule has 4 aromatic rings. The molecular weight excluding hydrogens is 520 g/mol. The van der Waals surface area contributed by atoms with Crippen LogP contribution in [-0.4, -0.2) is 73.4 Å². The normalized spacial score (nSPS) is 17.8. The van der Waals surface area contributed by atoms with E-state index in [0.717, 1.165) is 34.0 Å². The molecule has 0 N–H and O–H groups in total. The Balaban J connectivity index is 1.61. The van der Waals surface area contributed by atoms with Crippen molar-refractivity contribution >= 4 is 22.5 Å². The molecule has 1 saturated heterocycles. The Kier molecular flexibility index (Phi) is 6.00. The number of nitrogens with zero attached hydrogens (tertiary/aromatic N) is 6. The topological polar surface area (TPSA) is 77.6 Å². The van der Waals surface area contributed by atoms with Crippen LogP contribution in [0.2, 0.25) is 0 Å². The first-order valence-corrected chi connectivity index (χ1v) is 10.6. The summed E-state index contributed by atoms with van der Waals surface area (Å²) in [4.78, 5) is 21.4. The van der Waals surface area contributed by atoms with Crippen LogP contribution in [0.5, 0.6) is 0 Å². The van der Waals surface area contributed by atoms with Gasteiger partial charge in [-0.2, -0.15) is 18.3 Å². The molecule has 1 aliphatic heterocycles. The van der Waals surface area contributed by atoms with Gasteiger partial charge < -0.3 is 9.64 Å². The fraction of sp³-hybridized carbons (Fsp3) is 0.333. The molecule has 0 saturated carbocycles. The zero-order chi connectivity index (χ0) is 26.6. The summed E-state index contributed by atoms with van der Waals surface area (Å²) in [5.41, 5.74) is -1.46. The highest BCUT2D eigenvalue weighted by molar-refractivity contribution is 5.99. The lowest BCUT2D eigenvalue weighted by atomic mass is 10.1. The van der Waals surface area contributed by atoms with Crippen LogP contribution in [0.25, 0.3) is 27.9 Å². The molecule has 196 valence electrons. The van der Waals surface area contributed by atoms with E-state index in [1.807, 2.05) is 0 Å².